The van der Waals surface area contributed by atoms with Crippen molar-refractivity contribution in [2.45, 2.75) is 13.0 Å². The standard InChI is InChI=1S/C27H22N2O7/c1-17(26(32)33)36-23-18(10-9-15-22(23)35-2)16-21-24(30)28(19-11-5-3-6-12-19)27(34)29(25(21)31)20-13-7-4-8-14-20/h3-17H,1-2H3,(H,32,33)/t17-/m0/s1. The van der Waals surface area contributed by atoms with Crippen LogP contribution in [0.2, 0.25) is 0 Å². The molecular formula is C27H22N2O7. The number of amides is 4. The number of benzene rings is 3. The number of imide groups is 2. The van der Waals surface area contributed by atoms with E-state index < -0.39 is 29.9 Å². The van der Waals surface area contributed by atoms with Gasteiger partial charge in [0.1, 0.15) is 5.57 Å². The van der Waals surface area contributed by atoms with Gasteiger partial charge in [0.25, 0.3) is 11.8 Å². The van der Waals surface area contributed by atoms with E-state index in [1.807, 2.05) is 0 Å². The minimum Gasteiger partial charge on any atom is -0.493 e. The number of anilines is 2. The number of urea groups is 1. The van der Waals surface area contributed by atoms with Crippen molar-refractivity contribution < 1.29 is 33.8 Å². The molecule has 36 heavy (non-hydrogen) atoms. The van der Waals surface area contributed by atoms with Crippen molar-refractivity contribution in [1.82, 2.24) is 0 Å². The number of hydrogen-bond acceptors (Lipinski definition) is 6. The summed E-state index contributed by atoms with van der Waals surface area (Å²) in [4.78, 5) is 53.7. The number of carboxylic acids is 1. The van der Waals surface area contributed by atoms with Crippen LogP contribution in [0.3, 0.4) is 0 Å². The first-order valence-electron chi connectivity index (χ1n) is 10.9. The Kier molecular flexibility index (Phi) is 6.82. The quantitative estimate of drug-likeness (QED) is 0.395. The largest absolute Gasteiger partial charge is 0.493 e. The number of ether oxygens (including phenoxy) is 2. The Morgan fingerprint density at radius 1 is 0.833 bits per heavy atom. The lowest BCUT2D eigenvalue weighted by atomic mass is 10.0. The Bertz CT molecular complexity index is 1290. The van der Waals surface area contributed by atoms with Gasteiger partial charge in [0, 0.05) is 5.56 Å². The van der Waals surface area contributed by atoms with E-state index in [0.717, 1.165) is 9.80 Å². The van der Waals surface area contributed by atoms with Gasteiger partial charge < -0.3 is 14.6 Å². The molecule has 0 unspecified atom stereocenters. The molecular weight excluding hydrogens is 464 g/mol. The zero-order chi connectivity index (χ0) is 25.8. The molecule has 0 bridgehead atoms. The van der Waals surface area contributed by atoms with Crippen molar-refractivity contribution in [3.8, 4) is 11.5 Å². The Hall–Kier alpha value is -4.92. The molecule has 9 nitrogen and oxygen atoms in total. The summed E-state index contributed by atoms with van der Waals surface area (Å²) in [6, 6.07) is 20.4. The van der Waals surface area contributed by atoms with Crippen LogP contribution in [0.5, 0.6) is 11.5 Å². The van der Waals surface area contributed by atoms with Gasteiger partial charge in [-0.3, -0.25) is 9.59 Å². The van der Waals surface area contributed by atoms with Gasteiger partial charge in [0.2, 0.25) is 0 Å². The molecule has 1 N–H and O–H groups in total. The number of nitrogens with zero attached hydrogens (tertiary/aromatic N) is 2. The van der Waals surface area contributed by atoms with Crippen LogP contribution in [0.4, 0.5) is 16.2 Å². The highest BCUT2D eigenvalue weighted by Crippen LogP contribution is 2.35. The van der Waals surface area contributed by atoms with E-state index in [0.29, 0.717) is 0 Å². The predicted molar refractivity (Wildman–Crippen MR) is 132 cm³/mol. The van der Waals surface area contributed by atoms with Crippen LogP contribution in [-0.4, -0.2) is 42.1 Å². The van der Waals surface area contributed by atoms with E-state index in [-0.39, 0.29) is 34.0 Å². The molecule has 1 fully saturated rings. The van der Waals surface area contributed by atoms with Crippen molar-refractivity contribution in [2.75, 3.05) is 16.9 Å². The van der Waals surface area contributed by atoms with Gasteiger partial charge in [-0.15, -0.1) is 0 Å². The van der Waals surface area contributed by atoms with Gasteiger partial charge >= 0.3 is 12.0 Å². The number of carbonyl (C=O) groups excluding carboxylic acids is 3. The van der Waals surface area contributed by atoms with Crippen LogP contribution < -0.4 is 19.3 Å². The molecule has 1 atom stereocenters. The number of carboxylic acid groups (broad SMARTS) is 1. The van der Waals surface area contributed by atoms with Crippen molar-refractivity contribution in [2.24, 2.45) is 0 Å². The minimum atomic E-state index is -1.24. The fourth-order valence-corrected chi connectivity index (χ4v) is 3.66. The van der Waals surface area contributed by atoms with Gasteiger partial charge in [-0.05, 0) is 43.3 Å². The number of barbiturate groups is 1. The first kappa shape index (κ1) is 24.2. The minimum absolute atomic E-state index is 0.0393. The Morgan fingerprint density at radius 2 is 1.36 bits per heavy atom. The van der Waals surface area contributed by atoms with Crippen molar-refractivity contribution in [3.05, 3.63) is 90.0 Å². The first-order valence-corrected chi connectivity index (χ1v) is 10.9. The average molecular weight is 486 g/mol. The molecule has 0 saturated carbocycles. The lowest BCUT2D eigenvalue weighted by molar-refractivity contribution is -0.144. The molecule has 4 rings (SSSR count). The van der Waals surface area contributed by atoms with Crippen molar-refractivity contribution in [3.63, 3.8) is 0 Å². The summed E-state index contributed by atoms with van der Waals surface area (Å²) in [5.74, 6) is -2.62. The van der Waals surface area contributed by atoms with E-state index in [9.17, 15) is 24.3 Å². The summed E-state index contributed by atoms with van der Waals surface area (Å²) in [7, 11) is 1.38. The molecule has 9 heteroatoms. The summed E-state index contributed by atoms with van der Waals surface area (Å²) in [5, 5.41) is 9.31. The second-order valence-electron chi connectivity index (χ2n) is 7.77. The number of aliphatic carboxylic acids is 1. The number of hydrogen-bond donors (Lipinski definition) is 1. The van der Waals surface area contributed by atoms with Crippen LogP contribution in [0, 0.1) is 0 Å². The maximum absolute atomic E-state index is 13.5. The third-order valence-electron chi connectivity index (χ3n) is 5.45. The molecule has 4 amide bonds. The van der Waals surface area contributed by atoms with Crippen LogP contribution in [0.25, 0.3) is 6.08 Å². The third-order valence-corrected chi connectivity index (χ3v) is 5.45. The number of para-hydroxylation sites is 3. The Balaban J connectivity index is 1.89. The monoisotopic (exact) mass is 486 g/mol. The fraction of sp³-hybridized carbons (Fsp3) is 0.111. The highest BCUT2D eigenvalue weighted by Gasteiger charge is 2.43. The third kappa shape index (κ3) is 4.54. The maximum atomic E-state index is 13.5. The molecule has 0 spiro atoms. The zero-order valence-electron chi connectivity index (χ0n) is 19.5. The highest BCUT2D eigenvalue weighted by molar-refractivity contribution is 6.46. The smallest absolute Gasteiger partial charge is 0.344 e. The molecule has 1 saturated heterocycles. The van der Waals surface area contributed by atoms with Crippen molar-refractivity contribution in [1.29, 1.82) is 0 Å². The average Bonchev–Trinajstić information content (AvgIpc) is 2.88. The summed E-state index contributed by atoms with van der Waals surface area (Å²) in [6.07, 6.45) is 0.0366. The van der Waals surface area contributed by atoms with Gasteiger partial charge in [-0.25, -0.2) is 19.4 Å². The molecule has 1 aliphatic heterocycles. The summed E-state index contributed by atoms with van der Waals surface area (Å²) in [5.41, 5.74) is 0.486. The van der Waals surface area contributed by atoms with Gasteiger partial charge in [-0.1, -0.05) is 48.5 Å². The van der Waals surface area contributed by atoms with Gasteiger partial charge in [0.05, 0.1) is 18.5 Å². The fourth-order valence-electron chi connectivity index (χ4n) is 3.66. The first-order chi connectivity index (χ1) is 17.3. The van der Waals surface area contributed by atoms with Crippen molar-refractivity contribution >= 4 is 41.3 Å². The lowest BCUT2D eigenvalue weighted by Crippen LogP contribution is -2.57. The van der Waals surface area contributed by atoms with E-state index in [2.05, 4.69) is 0 Å². The van der Waals surface area contributed by atoms with E-state index in [1.165, 1.54) is 20.1 Å². The second kappa shape index (κ2) is 10.1. The van der Waals surface area contributed by atoms with Gasteiger partial charge in [-0.2, -0.15) is 0 Å². The SMILES string of the molecule is COc1cccc(C=C2C(=O)N(c3ccccc3)C(=O)N(c3ccccc3)C2=O)c1O[C@@H](C)C(=O)O. The van der Waals surface area contributed by atoms with E-state index in [4.69, 9.17) is 9.47 Å². The lowest BCUT2D eigenvalue weighted by Gasteiger charge is -2.34. The number of methoxy groups -OCH3 is 1. The molecule has 3 aromatic carbocycles. The molecule has 1 aliphatic rings. The normalized spacial score (nSPS) is 14.5. The predicted octanol–water partition coefficient (Wildman–Crippen LogP) is 4.13. The molecule has 0 aromatic heterocycles. The summed E-state index contributed by atoms with van der Waals surface area (Å²) in [6.45, 7) is 1.34. The summed E-state index contributed by atoms with van der Waals surface area (Å²) < 4.78 is 10.9. The second-order valence-corrected chi connectivity index (χ2v) is 7.77. The van der Waals surface area contributed by atoms with Crippen LogP contribution in [0.1, 0.15) is 12.5 Å². The highest BCUT2D eigenvalue weighted by atomic mass is 16.5. The van der Waals surface area contributed by atoms with Crippen LogP contribution in [0.15, 0.2) is 84.4 Å². The molecule has 3 aromatic rings. The van der Waals surface area contributed by atoms with Crippen LogP contribution >= 0.6 is 0 Å². The molecule has 1 heterocycles. The summed E-state index contributed by atoms with van der Waals surface area (Å²) >= 11 is 0. The Morgan fingerprint density at radius 3 is 1.83 bits per heavy atom. The Labute approximate surface area is 206 Å². The topological polar surface area (TPSA) is 113 Å². The maximum Gasteiger partial charge on any atom is 0.344 e. The zero-order valence-corrected chi connectivity index (χ0v) is 19.5. The number of carbonyl (C=O) groups is 4. The van der Waals surface area contributed by atoms with Gasteiger partial charge in [0.15, 0.2) is 17.6 Å². The molecule has 182 valence electrons. The van der Waals surface area contributed by atoms with Crippen LogP contribution in [-0.2, 0) is 14.4 Å². The molecule has 0 aliphatic carbocycles. The number of rotatable bonds is 7. The molecule has 0 radical (unpaired) electrons. The van der Waals surface area contributed by atoms with E-state index in [1.54, 1.807) is 78.9 Å². The van der Waals surface area contributed by atoms with E-state index >= 15 is 0 Å².